The van der Waals surface area contributed by atoms with Crippen molar-refractivity contribution in [2.45, 2.75) is 24.5 Å². The molecule has 0 bridgehead atoms. The molecule has 1 N–H and O–H groups in total. The van der Waals surface area contributed by atoms with Gasteiger partial charge < -0.3 is 10.1 Å². The highest BCUT2D eigenvalue weighted by molar-refractivity contribution is 7.99. The van der Waals surface area contributed by atoms with Crippen LogP contribution in [0.15, 0.2) is 71.9 Å². The standard InChI is InChI=1S/C23H23N3O3S/c1-16-13-19(18-11-7-4-8-12-18)26-23(24-16)30-15-21(27)25-20(22(28)29-2)14-17-9-5-3-6-10-17/h3-13,20H,14-15H2,1-2H3,(H,25,27)/t20-/m1/s1. The molecule has 0 unspecified atom stereocenters. The molecule has 0 saturated heterocycles. The fourth-order valence-corrected chi connectivity index (χ4v) is 3.63. The van der Waals surface area contributed by atoms with E-state index < -0.39 is 12.0 Å². The van der Waals surface area contributed by atoms with Crippen molar-refractivity contribution < 1.29 is 14.3 Å². The number of amides is 1. The number of nitrogens with one attached hydrogen (secondary N) is 1. The molecule has 1 heterocycles. The van der Waals surface area contributed by atoms with Gasteiger partial charge in [-0.2, -0.15) is 0 Å². The number of benzene rings is 2. The molecule has 30 heavy (non-hydrogen) atoms. The fourth-order valence-electron chi connectivity index (χ4n) is 2.91. The zero-order chi connectivity index (χ0) is 21.3. The maximum atomic E-state index is 12.5. The van der Waals surface area contributed by atoms with Crippen molar-refractivity contribution in [3.05, 3.63) is 78.0 Å². The summed E-state index contributed by atoms with van der Waals surface area (Å²) >= 11 is 1.23. The van der Waals surface area contributed by atoms with Crippen LogP contribution in [0.25, 0.3) is 11.3 Å². The predicted octanol–water partition coefficient (Wildman–Crippen LogP) is 3.44. The SMILES string of the molecule is COC(=O)[C@@H](Cc1ccccc1)NC(=O)CSc1nc(C)cc(-c2ccccc2)n1. The van der Waals surface area contributed by atoms with E-state index >= 15 is 0 Å². The van der Waals surface area contributed by atoms with Crippen LogP contribution in [0.5, 0.6) is 0 Å². The lowest BCUT2D eigenvalue weighted by Gasteiger charge is -2.16. The van der Waals surface area contributed by atoms with Crippen LogP contribution in [-0.2, 0) is 20.7 Å². The zero-order valence-corrected chi connectivity index (χ0v) is 17.7. The summed E-state index contributed by atoms with van der Waals surface area (Å²) in [6, 6.07) is 20.5. The van der Waals surface area contributed by atoms with Crippen molar-refractivity contribution in [1.29, 1.82) is 0 Å². The molecule has 0 aliphatic heterocycles. The third-order valence-corrected chi connectivity index (χ3v) is 5.19. The van der Waals surface area contributed by atoms with Crippen molar-refractivity contribution >= 4 is 23.6 Å². The molecule has 6 nitrogen and oxygen atoms in total. The van der Waals surface area contributed by atoms with Gasteiger partial charge in [0.05, 0.1) is 18.6 Å². The van der Waals surface area contributed by atoms with Gasteiger partial charge in [0.1, 0.15) is 6.04 Å². The summed E-state index contributed by atoms with van der Waals surface area (Å²) in [4.78, 5) is 33.5. The van der Waals surface area contributed by atoms with E-state index in [2.05, 4.69) is 15.3 Å². The van der Waals surface area contributed by atoms with E-state index in [-0.39, 0.29) is 11.7 Å². The van der Waals surface area contributed by atoms with Crippen LogP contribution < -0.4 is 5.32 Å². The third-order valence-electron chi connectivity index (χ3n) is 4.34. The maximum absolute atomic E-state index is 12.5. The Morgan fingerprint density at radius 2 is 1.70 bits per heavy atom. The lowest BCUT2D eigenvalue weighted by molar-refractivity contribution is -0.144. The topological polar surface area (TPSA) is 81.2 Å². The van der Waals surface area contributed by atoms with Crippen LogP contribution in [0.3, 0.4) is 0 Å². The Morgan fingerprint density at radius 1 is 1.03 bits per heavy atom. The molecule has 1 amide bonds. The summed E-state index contributed by atoms with van der Waals surface area (Å²) in [6.45, 7) is 1.89. The predicted molar refractivity (Wildman–Crippen MR) is 117 cm³/mol. The average Bonchev–Trinajstić information content (AvgIpc) is 2.77. The third kappa shape index (κ3) is 6.15. The Kier molecular flexibility index (Phi) is 7.57. The first-order valence-corrected chi connectivity index (χ1v) is 10.5. The van der Waals surface area contributed by atoms with Gasteiger partial charge in [-0.25, -0.2) is 14.8 Å². The molecule has 2 aromatic carbocycles. The van der Waals surface area contributed by atoms with Gasteiger partial charge in [0.15, 0.2) is 5.16 Å². The van der Waals surface area contributed by atoms with Gasteiger partial charge in [0.25, 0.3) is 0 Å². The van der Waals surface area contributed by atoms with Crippen molar-refractivity contribution in [2.24, 2.45) is 0 Å². The number of ether oxygens (including phenoxy) is 1. The van der Waals surface area contributed by atoms with Gasteiger partial charge in [0.2, 0.25) is 5.91 Å². The number of methoxy groups -OCH3 is 1. The van der Waals surface area contributed by atoms with Crippen LogP contribution in [0.2, 0.25) is 0 Å². The quantitative estimate of drug-likeness (QED) is 0.341. The van der Waals surface area contributed by atoms with E-state index in [9.17, 15) is 9.59 Å². The van der Waals surface area contributed by atoms with Crippen molar-refractivity contribution in [3.63, 3.8) is 0 Å². The first-order chi connectivity index (χ1) is 14.5. The van der Waals surface area contributed by atoms with Crippen LogP contribution in [0.1, 0.15) is 11.3 Å². The molecule has 3 aromatic rings. The summed E-state index contributed by atoms with van der Waals surface area (Å²) < 4.78 is 4.84. The monoisotopic (exact) mass is 421 g/mol. The van der Waals surface area contributed by atoms with Crippen molar-refractivity contribution in [3.8, 4) is 11.3 Å². The molecule has 0 radical (unpaired) electrons. The molecule has 0 aliphatic carbocycles. The highest BCUT2D eigenvalue weighted by Crippen LogP contribution is 2.21. The second-order valence-electron chi connectivity index (χ2n) is 6.66. The molecule has 3 rings (SSSR count). The molecule has 0 fully saturated rings. The van der Waals surface area contributed by atoms with Gasteiger partial charge in [-0.1, -0.05) is 72.4 Å². The Hall–Kier alpha value is -3.19. The number of rotatable bonds is 8. The minimum atomic E-state index is -0.746. The smallest absolute Gasteiger partial charge is 0.328 e. The summed E-state index contributed by atoms with van der Waals surface area (Å²) in [5.74, 6) is -0.659. The molecule has 0 aliphatic rings. The van der Waals surface area contributed by atoms with Crippen molar-refractivity contribution in [2.75, 3.05) is 12.9 Å². The minimum absolute atomic E-state index is 0.0972. The largest absolute Gasteiger partial charge is 0.467 e. The van der Waals surface area contributed by atoms with E-state index in [1.807, 2.05) is 73.7 Å². The van der Waals surface area contributed by atoms with Gasteiger partial charge in [-0.05, 0) is 18.6 Å². The summed E-state index contributed by atoms with van der Waals surface area (Å²) in [7, 11) is 1.31. The van der Waals surface area contributed by atoms with Crippen LogP contribution in [0.4, 0.5) is 0 Å². The Morgan fingerprint density at radius 3 is 2.37 bits per heavy atom. The second kappa shape index (κ2) is 10.5. The summed E-state index contributed by atoms with van der Waals surface area (Å²) in [5, 5.41) is 3.27. The van der Waals surface area contributed by atoms with Gasteiger partial charge in [-0.15, -0.1) is 0 Å². The van der Waals surface area contributed by atoms with Crippen LogP contribution in [0, 0.1) is 6.92 Å². The molecule has 0 spiro atoms. The second-order valence-corrected chi connectivity index (χ2v) is 7.61. The van der Waals surface area contributed by atoms with Gasteiger partial charge in [0, 0.05) is 17.7 Å². The molecule has 1 atom stereocenters. The van der Waals surface area contributed by atoms with Gasteiger partial charge >= 0.3 is 5.97 Å². The van der Waals surface area contributed by atoms with E-state index in [0.29, 0.717) is 11.6 Å². The lowest BCUT2D eigenvalue weighted by atomic mass is 10.1. The average molecular weight is 422 g/mol. The normalized spacial score (nSPS) is 11.5. The van der Waals surface area contributed by atoms with E-state index in [1.54, 1.807) is 0 Å². The number of aryl methyl sites for hydroxylation is 1. The molecule has 7 heteroatoms. The lowest BCUT2D eigenvalue weighted by Crippen LogP contribution is -2.43. The van der Waals surface area contributed by atoms with Crippen LogP contribution in [-0.4, -0.2) is 40.7 Å². The first-order valence-electron chi connectivity index (χ1n) is 9.50. The number of hydrogen-bond acceptors (Lipinski definition) is 6. The highest BCUT2D eigenvalue weighted by Gasteiger charge is 2.22. The minimum Gasteiger partial charge on any atom is -0.467 e. The van der Waals surface area contributed by atoms with E-state index in [4.69, 9.17) is 4.74 Å². The Bertz CT molecular complexity index is 997. The fraction of sp³-hybridized carbons (Fsp3) is 0.217. The van der Waals surface area contributed by atoms with E-state index in [1.165, 1.54) is 18.9 Å². The molecular formula is C23H23N3O3S. The van der Waals surface area contributed by atoms with Crippen LogP contribution >= 0.6 is 11.8 Å². The van der Waals surface area contributed by atoms with Gasteiger partial charge in [-0.3, -0.25) is 4.79 Å². The Labute approximate surface area is 180 Å². The van der Waals surface area contributed by atoms with E-state index in [0.717, 1.165) is 22.5 Å². The maximum Gasteiger partial charge on any atom is 0.328 e. The summed E-state index contributed by atoms with van der Waals surface area (Å²) in [6.07, 6.45) is 0.364. The number of thioether (sulfide) groups is 1. The molecular weight excluding hydrogens is 398 g/mol. The number of aromatic nitrogens is 2. The number of esters is 1. The zero-order valence-electron chi connectivity index (χ0n) is 16.9. The number of carbonyl (C=O) groups is 2. The number of hydrogen-bond donors (Lipinski definition) is 1. The number of carbonyl (C=O) groups excluding carboxylic acids is 2. The molecule has 0 saturated carbocycles. The Balaban J connectivity index is 1.64. The highest BCUT2D eigenvalue weighted by atomic mass is 32.2. The molecule has 154 valence electrons. The summed E-state index contributed by atoms with van der Waals surface area (Å²) in [5.41, 5.74) is 3.56. The number of nitrogens with zero attached hydrogens (tertiary/aromatic N) is 2. The molecule has 1 aromatic heterocycles. The first kappa shape index (κ1) is 21.5. The van der Waals surface area contributed by atoms with Crippen molar-refractivity contribution in [1.82, 2.24) is 15.3 Å².